The average Bonchev–Trinajstić information content (AvgIpc) is 3.31. The maximum atomic E-state index is 15.5. The van der Waals surface area contributed by atoms with Gasteiger partial charge in [0.05, 0.1) is 49.5 Å². The van der Waals surface area contributed by atoms with Crippen LogP contribution in [0, 0.1) is 22.9 Å². The molecule has 3 atom stereocenters. The van der Waals surface area contributed by atoms with Gasteiger partial charge in [0, 0.05) is 32.3 Å². The first-order valence-electron chi connectivity index (χ1n) is 13.8. The Morgan fingerprint density at radius 2 is 1.74 bits per heavy atom. The van der Waals surface area contributed by atoms with E-state index in [-0.39, 0.29) is 17.9 Å². The standard InChI is InChI=1S/C30H30BrFN7O3P/c1-19-17-37(18-20(2)42-19)43(35-27-15-14-23(39(40)41)16-25(27)31)28-21(3)34-38(22-10-6-5-7-11-22)30(28)33-29(36(43)4)24-12-8-9-13-26(24)32/h5-16,19-20H,17-18H2,1-4H3/t19-,20-,43-/m1/s1. The van der Waals surface area contributed by atoms with Crippen molar-refractivity contribution in [2.45, 2.75) is 33.0 Å². The molecule has 0 amide bonds. The number of aromatic nitrogens is 2. The fraction of sp³-hybridized carbons (Fsp3) is 0.267. The minimum atomic E-state index is -3.06. The molecule has 0 N–H and O–H groups in total. The van der Waals surface area contributed by atoms with Gasteiger partial charge in [0.15, 0.2) is 13.2 Å². The summed E-state index contributed by atoms with van der Waals surface area (Å²) in [7, 11) is -1.16. The molecule has 6 rings (SSSR count). The molecule has 0 saturated carbocycles. The molecule has 2 aliphatic rings. The Balaban J connectivity index is 1.73. The highest BCUT2D eigenvalue weighted by Gasteiger charge is 2.47. The van der Waals surface area contributed by atoms with Crippen molar-refractivity contribution >= 4 is 51.6 Å². The van der Waals surface area contributed by atoms with Gasteiger partial charge in [-0.25, -0.2) is 23.5 Å². The van der Waals surface area contributed by atoms with E-state index in [1.807, 2.05) is 62.8 Å². The molecule has 0 bridgehead atoms. The molecule has 4 aromatic rings. The summed E-state index contributed by atoms with van der Waals surface area (Å²) >= 11 is 3.55. The molecule has 3 heterocycles. The molecule has 0 unspecified atom stereocenters. The third-order valence-electron chi connectivity index (χ3n) is 7.54. The number of aryl methyl sites for hydroxylation is 1. The lowest BCUT2D eigenvalue weighted by molar-refractivity contribution is -0.384. The quantitative estimate of drug-likeness (QED) is 0.128. The number of halogens is 2. The Hall–Kier alpha value is -3.70. The fourth-order valence-corrected chi connectivity index (χ4v) is 10.4. The highest BCUT2D eigenvalue weighted by Crippen LogP contribution is 2.63. The lowest BCUT2D eigenvalue weighted by Crippen LogP contribution is -2.50. The summed E-state index contributed by atoms with van der Waals surface area (Å²) in [5.74, 6) is 0.587. The van der Waals surface area contributed by atoms with Crippen molar-refractivity contribution in [2.75, 3.05) is 20.1 Å². The van der Waals surface area contributed by atoms with Crippen molar-refractivity contribution in [3.63, 3.8) is 0 Å². The maximum absolute atomic E-state index is 15.5. The average molecular weight is 666 g/mol. The highest BCUT2D eigenvalue weighted by atomic mass is 79.9. The van der Waals surface area contributed by atoms with Gasteiger partial charge in [0.25, 0.3) is 5.69 Å². The minimum Gasteiger partial charge on any atom is -0.373 e. The molecule has 1 saturated heterocycles. The summed E-state index contributed by atoms with van der Waals surface area (Å²) in [6.45, 7) is 7.10. The van der Waals surface area contributed by atoms with Crippen molar-refractivity contribution in [3.8, 4) is 5.69 Å². The normalized spacial score (nSPS) is 22.2. The zero-order valence-electron chi connectivity index (χ0n) is 24.1. The van der Waals surface area contributed by atoms with Crippen LogP contribution in [0.5, 0.6) is 0 Å². The molecular weight excluding hydrogens is 636 g/mol. The molecule has 2 aliphatic heterocycles. The molecule has 43 heavy (non-hydrogen) atoms. The predicted octanol–water partition coefficient (Wildman–Crippen LogP) is 7.11. The Morgan fingerprint density at radius 1 is 1.07 bits per heavy atom. The van der Waals surface area contributed by atoms with Gasteiger partial charge in [-0.15, -0.1) is 0 Å². The van der Waals surface area contributed by atoms with Crippen LogP contribution >= 0.6 is 23.3 Å². The number of benzene rings is 3. The molecule has 0 aliphatic carbocycles. The first-order valence-corrected chi connectivity index (χ1v) is 16.2. The van der Waals surface area contributed by atoms with E-state index in [0.29, 0.717) is 40.5 Å². The molecule has 0 radical (unpaired) electrons. The van der Waals surface area contributed by atoms with Crippen molar-refractivity contribution < 1.29 is 14.1 Å². The summed E-state index contributed by atoms with van der Waals surface area (Å²) in [5, 5.41) is 17.3. The first-order chi connectivity index (χ1) is 20.6. The molecule has 222 valence electrons. The summed E-state index contributed by atoms with van der Waals surface area (Å²) in [5.41, 5.74) is 2.37. The van der Waals surface area contributed by atoms with Crippen LogP contribution in [0.2, 0.25) is 0 Å². The van der Waals surface area contributed by atoms with E-state index < -0.39 is 18.1 Å². The number of non-ortho nitro benzene ring substituents is 1. The number of fused-ring (bicyclic) bond motifs is 1. The topological polar surface area (TPSA) is 101 Å². The maximum Gasteiger partial charge on any atom is 0.270 e. The van der Waals surface area contributed by atoms with Gasteiger partial charge in [0.2, 0.25) is 0 Å². The van der Waals surface area contributed by atoms with Gasteiger partial charge in [-0.3, -0.25) is 10.1 Å². The minimum absolute atomic E-state index is 0.0498. The second kappa shape index (κ2) is 11.4. The van der Waals surface area contributed by atoms with Crippen LogP contribution in [0.3, 0.4) is 0 Å². The molecule has 1 aromatic heterocycles. The van der Waals surface area contributed by atoms with Crippen LogP contribution in [-0.4, -0.2) is 62.2 Å². The number of morpholine rings is 1. The number of nitrogens with zero attached hydrogens (tertiary/aromatic N) is 7. The number of ether oxygens (including phenoxy) is 1. The second-order valence-corrected chi connectivity index (χ2v) is 14.4. The third kappa shape index (κ3) is 5.12. The molecule has 0 spiro atoms. The zero-order valence-corrected chi connectivity index (χ0v) is 26.5. The molecular formula is C30H30BrFN7O3P. The van der Waals surface area contributed by atoms with Crippen molar-refractivity contribution in [1.29, 1.82) is 0 Å². The van der Waals surface area contributed by atoms with E-state index in [1.54, 1.807) is 28.9 Å². The van der Waals surface area contributed by atoms with E-state index in [9.17, 15) is 10.1 Å². The first kappa shape index (κ1) is 29.4. The highest BCUT2D eigenvalue weighted by molar-refractivity contribution is 9.10. The fourth-order valence-electron chi connectivity index (χ4n) is 5.77. The lowest BCUT2D eigenvalue weighted by atomic mass is 10.2. The Kier molecular flexibility index (Phi) is 7.80. The van der Waals surface area contributed by atoms with Gasteiger partial charge in [-0.05, 0) is 67.0 Å². The lowest BCUT2D eigenvalue weighted by Gasteiger charge is -2.48. The number of amidine groups is 1. The van der Waals surface area contributed by atoms with E-state index in [0.717, 1.165) is 16.7 Å². The van der Waals surface area contributed by atoms with Gasteiger partial charge in [-0.2, -0.15) is 5.10 Å². The molecule has 3 aromatic carbocycles. The second-order valence-electron chi connectivity index (χ2n) is 10.6. The number of rotatable bonds is 5. The number of aliphatic imine (C=N–C) groups is 1. The summed E-state index contributed by atoms with van der Waals surface area (Å²) in [6, 6.07) is 20.8. The number of nitro groups is 1. The largest absolute Gasteiger partial charge is 0.373 e. The monoisotopic (exact) mass is 665 g/mol. The number of nitro benzene ring substituents is 1. The van der Waals surface area contributed by atoms with E-state index in [2.05, 4.69) is 20.6 Å². The predicted molar refractivity (Wildman–Crippen MR) is 170 cm³/mol. The number of para-hydroxylation sites is 1. The van der Waals surface area contributed by atoms with Crippen molar-refractivity contribution in [3.05, 3.63) is 104 Å². The molecule has 1 fully saturated rings. The molecule has 10 nitrogen and oxygen atoms in total. The van der Waals surface area contributed by atoms with Gasteiger partial charge in [0.1, 0.15) is 11.7 Å². The van der Waals surface area contributed by atoms with Crippen LogP contribution in [-0.2, 0) is 4.74 Å². The number of hydrogen-bond donors (Lipinski definition) is 0. The van der Waals surface area contributed by atoms with Crippen LogP contribution in [0.1, 0.15) is 25.1 Å². The summed E-state index contributed by atoms with van der Waals surface area (Å²) in [6.07, 6.45) is -0.207. The van der Waals surface area contributed by atoms with Gasteiger partial charge < -0.3 is 9.41 Å². The Morgan fingerprint density at radius 3 is 2.40 bits per heavy atom. The van der Waals surface area contributed by atoms with Crippen LogP contribution in [0.15, 0.2) is 87.0 Å². The smallest absolute Gasteiger partial charge is 0.270 e. The Bertz CT molecular complexity index is 1800. The third-order valence-corrected chi connectivity index (χ3v) is 11.9. The van der Waals surface area contributed by atoms with Crippen LogP contribution in [0.4, 0.5) is 21.6 Å². The van der Waals surface area contributed by atoms with E-state index >= 15 is 4.39 Å². The van der Waals surface area contributed by atoms with E-state index in [4.69, 9.17) is 19.6 Å². The Labute approximate surface area is 257 Å². The zero-order chi connectivity index (χ0) is 30.5. The SMILES string of the molecule is Cc1nn(-c2ccccc2)c2c1[P@](=Nc1ccc([N+](=O)[O-])cc1Br)(N1C[C@@H](C)O[C@H](C)C1)N(C)C(c1ccccc1F)=N2. The van der Waals surface area contributed by atoms with Gasteiger partial charge in [-0.1, -0.05) is 30.3 Å². The van der Waals surface area contributed by atoms with E-state index in [1.165, 1.54) is 18.2 Å². The van der Waals surface area contributed by atoms with Crippen LogP contribution < -0.4 is 5.30 Å². The number of hydrogen-bond acceptors (Lipinski definition) is 6. The summed E-state index contributed by atoms with van der Waals surface area (Å²) in [4.78, 5) is 16.2. The van der Waals surface area contributed by atoms with Gasteiger partial charge >= 0.3 is 0 Å². The van der Waals surface area contributed by atoms with Crippen LogP contribution in [0.25, 0.3) is 5.69 Å². The van der Waals surface area contributed by atoms with Crippen molar-refractivity contribution in [1.82, 2.24) is 19.1 Å². The summed E-state index contributed by atoms with van der Waals surface area (Å²) < 4.78 is 33.8. The molecule has 13 heteroatoms. The van der Waals surface area contributed by atoms with Crippen molar-refractivity contribution in [2.24, 2.45) is 9.74 Å².